The minimum absolute atomic E-state index is 0. The van der Waals surface area contributed by atoms with Gasteiger partial charge in [0.15, 0.2) is 0 Å². The number of aliphatic hydroxyl groups is 4. The monoisotopic (exact) mass is 1630 g/mol. The van der Waals surface area contributed by atoms with E-state index >= 15 is 0 Å². The van der Waals surface area contributed by atoms with E-state index in [0.717, 1.165) is 179 Å². The Kier molecular flexibility index (Phi) is 27.8. The molecule has 4 aromatic heterocycles. The molecule has 14 nitrogen and oxygen atoms in total. The van der Waals surface area contributed by atoms with Crippen LogP contribution in [0.5, 0.6) is 0 Å². The van der Waals surface area contributed by atoms with Crippen LogP contribution in [-0.2, 0) is 51.9 Å². The van der Waals surface area contributed by atoms with Crippen molar-refractivity contribution < 1.29 is 20.4 Å². The van der Waals surface area contributed by atoms with E-state index in [9.17, 15) is 10.2 Å². The number of hydrogen-bond acceptors (Lipinski definition) is 14. The first kappa shape index (κ1) is 85.5. The minimum Gasteiger partial charge on any atom is -0.395 e. The van der Waals surface area contributed by atoms with Gasteiger partial charge < -0.3 is 20.4 Å². The van der Waals surface area contributed by atoms with E-state index in [2.05, 4.69) is 300 Å². The van der Waals surface area contributed by atoms with Crippen LogP contribution < -0.4 is 0 Å². The molecule has 8 aliphatic rings. The normalized spacial score (nSPS) is 17.5. The van der Waals surface area contributed by atoms with Crippen LogP contribution in [0.25, 0.3) is 66.8 Å². The summed E-state index contributed by atoms with van der Waals surface area (Å²) in [4.78, 5) is 33.4. The van der Waals surface area contributed by atoms with Crippen molar-refractivity contribution >= 4 is 22.3 Å². The average molecular weight is 1630 g/mol. The lowest BCUT2D eigenvalue weighted by atomic mass is 9.96. The first-order chi connectivity index (χ1) is 59.7. The lowest BCUT2D eigenvalue weighted by Gasteiger charge is -2.34. The number of piperazine rings is 2. The molecule has 4 fully saturated rings. The van der Waals surface area contributed by atoms with Crippen molar-refractivity contribution in [3.05, 3.63) is 379 Å². The zero-order valence-electron chi connectivity index (χ0n) is 71.2. The standard InChI is InChI=1S/2C28H31N3O.2C26H26N2O.CH4/c2*1-21-3-2-4-24(17-21)26-9-10-28-27(26)18-25(19-29-28)23-7-5-22(6-8-23)20-31-13-11-30(12-14-31)15-16-32;2*1-18-3-2-4-21(13-18)24-9-10-26-25(24)14-22(15-27-26)20-7-5-19(6-8-20)16-28-12-11-23(29)17-28;/h2*2-9,17-19,32H,10-16,20H2,1H3;2*2-9,13-15,23,29H,10-12,16-17H2,1H3;1H4/t;;2*23-;/m..11./s1. The number of rotatable bonds is 20. The van der Waals surface area contributed by atoms with Crippen LogP contribution in [0, 0.1) is 27.7 Å². The molecule has 628 valence electrons. The SMILES string of the molecule is C.Cc1cccc(C2=CCc3ncc(-c4ccc(CN5CCN(CCO)CC5)cc4)cc32)c1.Cc1cccc(C2=CCc3ncc(-c4ccc(CN5CCN(CCO)CC5)cc4)cc32)c1.Cc1cccc(C2=CCc3ncc(-c4ccc(CN5CC[C@@H](O)C5)cc4)cc32)c1.Cc1cccc(C2=CCc3ncc(-c4ccc(CN5CC[C@@H](O)C5)cc4)cc32)c1. The fourth-order valence-corrected chi connectivity index (χ4v) is 18.5. The maximum Gasteiger partial charge on any atom is 0.0679 e. The number of likely N-dealkylation sites (tertiary alicyclic amines) is 2. The number of allylic oxidation sites excluding steroid dienone is 4. The summed E-state index contributed by atoms with van der Waals surface area (Å²) < 4.78 is 0. The van der Waals surface area contributed by atoms with Crippen molar-refractivity contribution in [2.45, 2.75) is 112 Å². The quantitative estimate of drug-likeness (QED) is 0.0573. The van der Waals surface area contributed by atoms with Crippen molar-refractivity contribution in [2.75, 3.05) is 105 Å². The number of aliphatic hydroxyl groups excluding tert-OH is 4. The average Bonchev–Trinajstić information content (AvgIpc) is 1.68. The summed E-state index contributed by atoms with van der Waals surface area (Å²) in [6.07, 6.45) is 22.3. The Hall–Kier alpha value is -11.1. The van der Waals surface area contributed by atoms with Gasteiger partial charge in [0.05, 0.1) is 48.2 Å². The molecule has 0 amide bonds. The molecule has 0 bridgehead atoms. The molecule has 0 saturated carbocycles. The topological polar surface area (TPSA) is 152 Å². The van der Waals surface area contributed by atoms with Gasteiger partial charge in [-0.05, 0) is 154 Å². The predicted octanol–water partition coefficient (Wildman–Crippen LogP) is 18.2. The molecule has 0 unspecified atom stereocenters. The summed E-state index contributed by atoms with van der Waals surface area (Å²) in [5, 5.41) is 37.6. The minimum atomic E-state index is -0.164. The molecule has 12 aromatic rings. The first-order valence-electron chi connectivity index (χ1n) is 44.1. The van der Waals surface area contributed by atoms with Crippen LogP contribution in [0.15, 0.2) is 267 Å². The van der Waals surface area contributed by atoms with Crippen molar-refractivity contribution in [3.63, 3.8) is 0 Å². The van der Waals surface area contributed by atoms with Crippen LogP contribution in [0.3, 0.4) is 0 Å². The maximum absolute atomic E-state index is 9.71. The molecular formula is C109H118N10O4. The fourth-order valence-electron chi connectivity index (χ4n) is 18.5. The van der Waals surface area contributed by atoms with Crippen molar-refractivity contribution in [2.24, 2.45) is 0 Å². The highest BCUT2D eigenvalue weighted by molar-refractivity contribution is 5.90. The molecule has 14 heteroatoms. The van der Waals surface area contributed by atoms with E-state index in [1.54, 1.807) is 0 Å². The summed E-state index contributed by atoms with van der Waals surface area (Å²) in [6, 6.07) is 79.5. The van der Waals surface area contributed by atoms with Crippen LogP contribution in [0.4, 0.5) is 0 Å². The van der Waals surface area contributed by atoms with Gasteiger partial charge in [0.25, 0.3) is 0 Å². The lowest BCUT2D eigenvalue weighted by Crippen LogP contribution is -2.46. The number of fused-ring (bicyclic) bond motifs is 4. The second-order valence-corrected chi connectivity index (χ2v) is 34.5. The molecule has 123 heavy (non-hydrogen) atoms. The van der Waals surface area contributed by atoms with E-state index in [4.69, 9.17) is 30.1 Å². The van der Waals surface area contributed by atoms with Gasteiger partial charge in [-0.2, -0.15) is 0 Å². The van der Waals surface area contributed by atoms with Gasteiger partial charge in [-0.1, -0.05) is 248 Å². The van der Waals surface area contributed by atoms with E-state index in [1.165, 1.54) is 156 Å². The molecule has 4 saturated heterocycles. The van der Waals surface area contributed by atoms with Crippen LogP contribution in [0.1, 0.15) is 132 Å². The molecule has 4 aliphatic carbocycles. The third-order valence-corrected chi connectivity index (χ3v) is 25.4. The van der Waals surface area contributed by atoms with Crippen LogP contribution in [0.2, 0.25) is 0 Å². The Balaban J connectivity index is 0.000000121. The third kappa shape index (κ3) is 21.2. The number of aryl methyl sites for hydroxylation is 4. The number of pyridine rings is 4. The van der Waals surface area contributed by atoms with Gasteiger partial charge in [0.1, 0.15) is 0 Å². The third-order valence-electron chi connectivity index (χ3n) is 25.4. The summed E-state index contributed by atoms with van der Waals surface area (Å²) in [6.45, 7) is 26.3. The summed E-state index contributed by atoms with van der Waals surface area (Å²) in [5.41, 5.74) is 39.9. The molecule has 8 heterocycles. The number of β-amino-alcohol motifs (C(OH)–C–C–N with tert-alkyl or cyclic N) is 4. The number of benzene rings is 8. The van der Waals surface area contributed by atoms with Crippen molar-refractivity contribution in [3.8, 4) is 44.5 Å². The molecule has 4 aliphatic heterocycles. The van der Waals surface area contributed by atoms with E-state index < -0.39 is 0 Å². The smallest absolute Gasteiger partial charge is 0.0679 e. The highest BCUT2D eigenvalue weighted by Gasteiger charge is 2.27. The number of nitrogens with zero attached hydrogens (tertiary/aromatic N) is 10. The number of hydrogen-bond donors (Lipinski definition) is 4. The zero-order chi connectivity index (χ0) is 83.4. The largest absolute Gasteiger partial charge is 0.395 e. The molecule has 0 radical (unpaired) electrons. The van der Waals surface area contributed by atoms with Gasteiger partial charge >= 0.3 is 0 Å². The second kappa shape index (κ2) is 40.1. The van der Waals surface area contributed by atoms with E-state index in [0.29, 0.717) is 0 Å². The van der Waals surface area contributed by atoms with Gasteiger partial charge in [-0.25, -0.2) is 0 Å². The Morgan fingerprint density at radius 2 is 0.520 bits per heavy atom. The second-order valence-electron chi connectivity index (χ2n) is 34.5. The van der Waals surface area contributed by atoms with Gasteiger partial charge in [0, 0.05) is 213 Å². The highest BCUT2D eigenvalue weighted by atomic mass is 16.3. The van der Waals surface area contributed by atoms with E-state index in [1.807, 2.05) is 24.8 Å². The maximum atomic E-state index is 9.71. The van der Waals surface area contributed by atoms with Gasteiger partial charge in [-0.15, -0.1) is 0 Å². The predicted molar refractivity (Wildman–Crippen MR) is 503 cm³/mol. The van der Waals surface area contributed by atoms with Crippen molar-refractivity contribution in [1.82, 2.24) is 49.3 Å². The molecular weight excluding hydrogens is 1510 g/mol. The van der Waals surface area contributed by atoms with E-state index in [-0.39, 0.29) is 32.8 Å². The molecule has 2 atom stereocenters. The van der Waals surface area contributed by atoms with Gasteiger partial charge in [0.2, 0.25) is 0 Å². The van der Waals surface area contributed by atoms with Gasteiger partial charge in [-0.3, -0.25) is 49.3 Å². The Labute approximate surface area is 728 Å². The van der Waals surface area contributed by atoms with Crippen molar-refractivity contribution in [1.29, 1.82) is 0 Å². The number of aromatic nitrogens is 4. The molecule has 8 aromatic carbocycles. The first-order valence-corrected chi connectivity index (χ1v) is 44.1. The molecule has 0 spiro atoms. The lowest BCUT2D eigenvalue weighted by molar-refractivity contribution is 0.108. The Morgan fingerprint density at radius 3 is 0.748 bits per heavy atom. The Bertz CT molecular complexity index is 5430. The summed E-state index contributed by atoms with van der Waals surface area (Å²) in [5.74, 6) is 0. The van der Waals surface area contributed by atoms with Crippen LogP contribution >= 0.6 is 0 Å². The molecule has 20 rings (SSSR count). The summed E-state index contributed by atoms with van der Waals surface area (Å²) in [7, 11) is 0. The zero-order valence-corrected chi connectivity index (χ0v) is 71.2. The molecule has 4 N–H and O–H groups in total. The highest BCUT2D eigenvalue weighted by Crippen LogP contribution is 2.40. The fraction of sp³-hybridized carbons (Fsp3) is 0.303. The summed E-state index contributed by atoms with van der Waals surface area (Å²) >= 11 is 0. The Morgan fingerprint density at radius 1 is 0.276 bits per heavy atom. The van der Waals surface area contributed by atoms with Crippen LogP contribution in [-0.4, -0.2) is 187 Å².